The maximum atomic E-state index is 10.7. The van der Waals surface area contributed by atoms with Crippen LogP contribution in [0.5, 0.6) is 5.75 Å². The fraction of sp³-hybridized carbons (Fsp3) is 0.385. The number of carboxylic acids is 1. The Morgan fingerprint density at radius 2 is 2.33 bits per heavy atom. The molecule has 4 nitrogen and oxygen atoms in total. The smallest absolute Gasteiger partial charge is 0.344 e. The van der Waals surface area contributed by atoms with E-state index in [9.17, 15) is 4.79 Å². The number of rotatable bonds is 4. The van der Waals surface area contributed by atoms with Crippen LogP contribution in [0.4, 0.5) is 0 Å². The summed E-state index contributed by atoms with van der Waals surface area (Å²) in [5.41, 5.74) is 0.970. The Balaban J connectivity index is 1.87. The van der Waals surface area contributed by atoms with Crippen LogP contribution in [0.1, 0.15) is 30.7 Å². The van der Waals surface area contributed by atoms with Gasteiger partial charge < -0.3 is 9.84 Å². The first-order valence-corrected chi connectivity index (χ1v) is 6.75. The number of nitrogens with zero attached hydrogens (tertiary/aromatic N) is 1. The summed E-state index contributed by atoms with van der Waals surface area (Å²) < 4.78 is 6.41. The number of aliphatic carboxylic acids is 1. The first-order valence-electron chi connectivity index (χ1n) is 5.93. The molecule has 3 rings (SSSR count). The molecule has 0 radical (unpaired) electrons. The van der Waals surface area contributed by atoms with Crippen LogP contribution in [0.3, 0.4) is 0 Å². The van der Waals surface area contributed by atoms with E-state index in [1.165, 1.54) is 24.8 Å². The molecule has 1 heterocycles. The molecule has 0 amide bonds. The number of hydrogen-bond donors (Lipinski definition) is 1. The number of fused-ring (bicyclic) bond motifs is 1. The molecule has 1 N–H and O–H groups in total. The van der Waals surface area contributed by atoms with E-state index in [0.717, 1.165) is 10.2 Å². The summed E-state index contributed by atoms with van der Waals surface area (Å²) in [4.78, 5) is 15.3. The third-order valence-corrected chi connectivity index (χ3v) is 4.14. The molecule has 0 bridgehead atoms. The lowest BCUT2D eigenvalue weighted by molar-refractivity contribution is -0.144. The number of thiazole rings is 1. The van der Waals surface area contributed by atoms with Crippen molar-refractivity contribution in [1.82, 2.24) is 4.98 Å². The van der Waals surface area contributed by atoms with E-state index >= 15 is 0 Å². The summed E-state index contributed by atoms with van der Waals surface area (Å²) >= 11 is 1.68. The fourth-order valence-electron chi connectivity index (χ4n) is 1.76. The molecular weight excluding hydrogens is 250 g/mol. The molecule has 1 aliphatic rings. The molecule has 5 heteroatoms. The van der Waals surface area contributed by atoms with Gasteiger partial charge >= 0.3 is 5.97 Å². The molecule has 0 aliphatic heterocycles. The molecule has 1 aliphatic carbocycles. The van der Waals surface area contributed by atoms with Crippen LogP contribution in [0.2, 0.25) is 0 Å². The molecule has 1 aromatic carbocycles. The van der Waals surface area contributed by atoms with Crippen LogP contribution in [0.15, 0.2) is 18.2 Å². The van der Waals surface area contributed by atoms with Crippen molar-refractivity contribution in [3.05, 3.63) is 23.2 Å². The fourth-order valence-corrected chi connectivity index (χ4v) is 2.92. The Kier molecular flexibility index (Phi) is 2.70. The van der Waals surface area contributed by atoms with E-state index in [1.807, 2.05) is 12.1 Å². The van der Waals surface area contributed by atoms with Crippen molar-refractivity contribution in [2.45, 2.75) is 31.8 Å². The number of aromatic nitrogens is 1. The molecule has 1 saturated carbocycles. The van der Waals surface area contributed by atoms with Gasteiger partial charge in [0, 0.05) is 5.92 Å². The molecule has 1 unspecified atom stereocenters. The summed E-state index contributed by atoms with van der Waals surface area (Å²) in [6.45, 7) is 1.52. The number of benzene rings is 1. The van der Waals surface area contributed by atoms with Crippen molar-refractivity contribution in [3.63, 3.8) is 0 Å². The molecular formula is C13H13NO3S. The molecule has 2 aromatic rings. The van der Waals surface area contributed by atoms with Crippen molar-refractivity contribution >= 4 is 27.5 Å². The topological polar surface area (TPSA) is 59.4 Å². The van der Waals surface area contributed by atoms with Crippen LogP contribution < -0.4 is 4.74 Å². The van der Waals surface area contributed by atoms with Gasteiger partial charge in [0.1, 0.15) is 5.75 Å². The number of hydrogen-bond acceptors (Lipinski definition) is 4. The quantitative estimate of drug-likeness (QED) is 0.921. The Morgan fingerprint density at radius 1 is 1.56 bits per heavy atom. The van der Waals surface area contributed by atoms with Crippen molar-refractivity contribution < 1.29 is 14.6 Å². The summed E-state index contributed by atoms with van der Waals surface area (Å²) in [5.74, 6) is 0.270. The Hall–Kier alpha value is -1.62. The van der Waals surface area contributed by atoms with Crippen LogP contribution >= 0.6 is 11.3 Å². The summed E-state index contributed by atoms with van der Waals surface area (Å²) in [5, 5.41) is 10.00. The van der Waals surface area contributed by atoms with Crippen molar-refractivity contribution in [2.24, 2.45) is 0 Å². The minimum atomic E-state index is -0.960. The van der Waals surface area contributed by atoms with E-state index in [2.05, 4.69) is 4.98 Å². The Bertz CT molecular complexity index is 603. The molecule has 1 fully saturated rings. The van der Waals surface area contributed by atoms with Gasteiger partial charge in [-0.05, 0) is 38.0 Å². The molecule has 0 saturated heterocycles. The maximum Gasteiger partial charge on any atom is 0.344 e. The highest BCUT2D eigenvalue weighted by atomic mass is 32.1. The summed E-state index contributed by atoms with van der Waals surface area (Å²) in [7, 11) is 0. The third kappa shape index (κ3) is 2.18. The maximum absolute atomic E-state index is 10.7. The van der Waals surface area contributed by atoms with Gasteiger partial charge in [-0.15, -0.1) is 11.3 Å². The third-order valence-electron chi connectivity index (χ3n) is 2.96. The van der Waals surface area contributed by atoms with Crippen molar-refractivity contribution in [1.29, 1.82) is 0 Å². The first kappa shape index (κ1) is 11.5. The van der Waals surface area contributed by atoms with Gasteiger partial charge in [0.15, 0.2) is 6.10 Å². The number of ether oxygens (including phenoxy) is 1. The summed E-state index contributed by atoms with van der Waals surface area (Å²) in [6.07, 6.45) is 1.64. The zero-order valence-electron chi connectivity index (χ0n) is 9.92. The highest BCUT2D eigenvalue weighted by Gasteiger charge is 2.27. The van der Waals surface area contributed by atoms with Crippen LogP contribution in [-0.2, 0) is 4.79 Å². The van der Waals surface area contributed by atoms with Crippen LogP contribution in [-0.4, -0.2) is 22.2 Å². The highest BCUT2D eigenvalue weighted by molar-refractivity contribution is 7.18. The lowest BCUT2D eigenvalue weighted by Gasteiger charge is -2.09. The molecule has 18 heavy (non-hydrogen) atoms. The van der Waals surface area contributed by atoms with E-state index in [0.29, 0.717) is 11.7 Å². The van der Waals surface area contributed by atoms with Gasteiger partial charge in [0.05, 0.1) is 15.2 Å². The predicted octanol–water partition coefficient (Wildman–Crippen LogP) is 3.03. The van der Waals surface area contributed by atoms with Gasteiger partial charge in [0.2, 0.25) is 0 Å². The first-order chi connectivity index (χ1) is 8.63. The van der Waals surface area contributed by atoms with E-state index in [1.54, 1.807) is 17.4 Å². The van der Waals surface area contributed by atoms with Crippen LogP contribution in [0, 0.1) is 0 Å². The SMILES string of the molecule is CC(Oc1ccc2nc(C3CC3)sc2c1)C(=O)O. The largest absolute Gasteiger partial charge is 0.479 e. The van der Waals surface area contributed by atoms with Gasteiger partial charge in [-0.1, -0.05) is 0 Å². The monoisotopic (exact) mass is 263 g/mol. The second-order valence-corrected chi connectivity index (χ2v) is 5.62. The highest BCUT2D eigenvalue weighted by Crippen LogP contribution is 2.43. The second kappa shape index (κ2) is 4.24. The number of carbonyl (C=O) groups is 1. The Morgan fingerprint density at radius 3 is 3.00 bits per heavy atom. The minimum Gasteiger partial charge on any atom is -0.479 e. The van der Waals surface area contributed by atoms with E-state index < -0.39 is 12.1 Å². The van der Waals surface area contributed by atoms with Crippen molar-refractivity contribution in [2.75, 3.05) is 0 Å². The van der Waals surface area contributed by atoms with Crippen molar-refractivity contribution in [3.8, 4) is 5.75 Å². The van der Waals surface area contributed by atoms with Gasteiger partial charge in [-0.25, -0.2) is 9.78 Å². The van der Waals surface area contributed by atoms with Gasteiger partial charge in [-0.3, -0.25) is 0 Å². The second-order valence-electron chi connectivity index (χ2n) is 4.55. The Labute approximate surface area is 108 Å². The molecule has 94 valence electrons. The summed E-state index contributed by atoms with van der Waals surface area (Å²) in [6, 6.07) is 5.54. The zero-order chi connectivity index (χ0) is 12.7. The van der Waals surface area contributed by atoms with E-state index in [-0.39, 0.29) is 0 Å². The van der Waals surface area contributed by atoms with E-state index in [4.69, 9.17) is 9.84 Å². The number of carboxylic acid groups (broad SMARTS) is 1. The lowest BCUT2D eigenvalue weighted by Crippen LogP contribution is -2.22. The standard InChI is InChI=1S/C13H13NO3S/c1-7(13(15)16)17-9-4-5-10-11(6-9)18-12(14-10)8-2-3-8/h4-8H,2-3H2,1H3,(H,15,16). The normalized spacial score (nSPS) is 16.7. The zero-order valence-corrected chi connectivity index (χ0v) is 10.7. The molecule has 1 aromatic heterocycles. The van der Waals surface area contributed by atoms with Gasteiger partial charge in [0.25, 0.3) is 0 Å². The minimum absolute atomic E-state index is 0.586. The van der Waals surface area contributed by atoms with Crippen LogP contribution in [0.25, 0.3) is 10.2 Å². The average Bonchev–Trinajstić information content (AvgIpc) is 3.09. The lowest BCUT2D eigenvalue weighted by atomic mass is 10.3. The molecule has 0 spiro atoms. The van der Waals surface area contributed by atoms with Gasteiger partial charge in [-0.2, -0.15) is 0 Å². The predicted molar refractivity (Wildman–Crippen MR) is 69.3 cm³/mol. The average molecular weight is 263 g/mol. The molecule has 1 atom stereocenters.